The maximum atomic E-state index is 11.5. The van der Waals surface area contributed by atoms with Crippen LogP contribution in [0, 0.1) is 11.3 Å². The van der Waals surface area contributed by atoms with Gasteiger partial charge in [-0.05, 0) is 31.0 Å². The van der Waals surface area contributed by atoms with Gasteiger partial charge in [-0.15, -0.1) is 0 Å². The fourth-order valence-electron chi connectivity index (χ4n) is 2.05. The molecular weight excluding hydrogens is 250 g/mol. The smallest absolute Gasteiger partial charge is 0.222 e. The Balaban J connectivity index is 2.15. The molecular formula is C13H14ClN3O. The zero-order chi connectivity index (χ0) is 13.0. The average Bonchev–Trinajstić information content (AvgIpc) is 2.54. The molecule has 5 heteroatoms. The summed E-state index contributed by atoms with van der Waals surface area (Å²) in [4.78, 5) is 11.5. The number of hydrogen-bond acceptors (Lipinski definition) is 3. The summed E-state index contributed by atoms with van der Waals surface area (Å²) in [5, 5.41) is 15.7. The van der Waals surface area contributed by atoms with Gasteiger partial charge in [0.25, 0.3) is 0 Å². The molecule has 0 spiro atoms. The SMILES string of the molecule is N#Cc1ccc(Cl)cc1NC1CCCNC(=O)C1. The Morgan fingerprint density at radius 1 is 1.50 bits per heavy atom. The fourth-order valence-corrected chi connectivity index (χ4v) is 2.22. The molecule has 0 radical (unpaired) electrons. The molecule has 18 heavy (non-hydrogen) atoms. The topological polar surface area (TPSA) is 64.9 Å². The summed E-state index contributed by atoms with van der Waals surface area (Å²) < 4.78 is 0. The number of benzene rings is 1. The molecule has 94 valence electrons. The molecule has 2 rings (SSSR count). The summed E-state index contributed by atoms with van der Waals surface area (Å²) in [5.41, 5.74) is 1.24. The number of anilines is 1. The molecule has 1 unspecified atom stereocenters. The number of carbonyl (C=O) groups is 1. The molecule has 1 atom stereocenters. The maximum Gasteiger partial charge on any atom is 0.222 e. The van der Waals surface area contributed by atoms with E-state index in [0.29, 0.717) is 22.7 Å². The van der Waals surface area contributed by atoms with Crippen LogP contribution in [0.5, 0.6) is 0 Å². The van der Waals surface area contributed by atoms with E-state index in [4.69, 9.17) is 16.9 Å². The molecule has 0 aromatic heterocycles. The summed E-state index contributed by atoms with van der Waals surface area (Å²) >= 11 is 5.92. The van der Waals surface area contributed by atoms with Gasteiger partial charge in [0.1, 0.15) is 6.07 Å². The number of nitrogens with one attached hydrogen (secondary N) is 2. The number of amides is 1. The predicted octanol–water partition coefficient (Wildman–Crippen LogP) is 2.29. The van der Waals surface area contributed by atoms with E-state index in [2.05, 4.69) is 16.7 Å². The summed E-state index contributed by atoms with van der Waals surface area (Å²) in [6.07, 6.45) is 2.26. The second kappa shape index (κ2) is 5.74. The van der Waals surface area contributed by atoms with Crippen molar-refractivity contribution in [3.63, 3.8) is 0 Å². The molecule has 1 aliphatic heterocycles. The Morgan fingerprint density at radius 3 is 3.11 bits per heavy atom. The quantitative estimate of drug-likeness (QED) is 0.860. The first-order valence-corrected chi connectivity index (χ1v) is 6.29. The van der Waals surface area contributed by atoms with Crippen LogP contribution in [0.4, 0.5) is 5.69 Å². The number of carbonyl (C=O) groups excluding carboxylic acids is 1. The second-order valence-corrected chi connectivity index (χ2v) is 4.78. The molecule has 1 aliphatic rings. The second-order valence-electron chi connectivity index (χ2n) is 4.34. The Kier molecular flexibility index (Phi) is 4.06. The van der Waals surface area contributed by atoms with Crippen LogP contribution in [0.2, 0.25) is 5.02 Å². The van der Waals surface area contributed by atoms with Crippen molar-refractivity contribution in [3.8, 4) is 6.07 Å². The molecule has 1 saturated heterocycles. The van der Waals surface area contributed by atoms with Crippen LogP contribution < -0.4 is 10.6 Å². The van der Waals surface area contributed by atoms with Crippen LogP contribution in [-0.4, -0.2) is 18.5 Å². The lowest BCUT2D eigenvalue weighted by atomic mass is 10.1. The molecule has 1 heterocycles. The Bertz CT molecular complexity index is 495. The van der Waals surface area contributed by atoms with E-state index >= 15 is 0 Å². The number of rotatable bonds is 2. The normalized spacial score (nSPS) is 19.6. The van der Waals surface area contributed by atoms with Crippen LogP contribution in [0.3, 0.4) is 0 Å². The van der Waals surface area contributed by atoms with E-state index in [-0.39, 0.29) is 11.9 Å². The minimum atomic E-state index is 0.0468. The largest absolute Gasteiger partial charge is 0.381 e. The highest BCUT2D eigenvalue weighted by Crippen LogP contribution is 2.23. The molecule has 1 amide bonds. The van der Waals surface area contributed by atoms with Gasteiger partial charge >= 0.3 is 0 Å². The van der Waals surface area contributed by atoms with Crippen molar-refractivity contribution in [1.82, 2.24) is 5.32 Å². The van der Waals surface area contributed by atoms with Crippen molar-refractivity contribution in [2.75, 3.05) is 11.9 Å². The lowest BCUT2D eigenvalue weighted by Crippen LogP contribution is -2.27. The Labute approximate surface area is 111 Å². The maximum absolute atomic E-state index is 11.5. The van der Waals surface area contributed by atoms with Crippen LogP contribution in [0.15, 0.2) is 18.2 Å². The molecule has 0 aliphatic carbocycles. The molecule has 1 aromatic rings. The van der Waals surface area contributed by atoms with Crippen molar-refractivity contribution >= 4 is 23.2 Å². The number of nitrogens with zero attached hydrogens (tertiary/aromatic N) is 1. The Hall–Kier alpha value is -1.73. The van der Waals surface area contributed by atoms with Gasteiger partial charge in [-0.2, -0.15) is 5.26 Å². The zero-order valence-corrected chi connectivity index (χ0v) is 10.6. The summed E-state index contributed by atoms with van der Waals surface area (Å²) in [7, 11) is 0. The van der Waals surface area contributed by atoms with Crippen LogP contribution >= 0.6 is 11.6 Å². The van der Waals surface area contributed by atoms with Crippen molar-refractivity contribution in [3.05, 3.63) is 28.8 Å². The van der Waals surface area contributed by atoms with Crippen molar-refractivity contribution in [1.29, 1.82) is 5.26 Å². The van der Waals surface area contributed by atoms with E-state index in [1.807, 2.05) is 0 Å². The fraction of sp³-hybridized carbons (Fsp3) is 0.385. The van der Waals surface area contributed by atoms with Crippen molar-refractivity contribution in [2.24, 2.45) is 0 Å². The molecule has 1 aromatic carbocycles. The first-order valence-electron chi connectivity index (χ1n) is 5.92. The highest BCUT2D eigenvalue weighted by atomic mass is 35.5. The average molecular weight is 264 g/mol. The van der Waals surface area contributed by atoms with Gasteiger partial charge in [-0.3, -0.25) is 4.79 Å². The molecule has 1 fully saturated rings. The molecule has 0 saturated carbocycles. The summed E-state index contributed by atoms with van der Waals surface area (Å²) in [6.45, 7) is 0.720. The molecule has 4 nitrogen and oxygen atoms in total. The highest BCUT2D eigenvalue weighted by Gasteiger charge is 2.18. The van der Waals surface area contributed by atoms with Gasteiger partial charge in [-0.1, -0.05) is 11.6 Å². The minimum absolute atomic E-state index is 0.0468. The van der Waals surface area contributed by atoms with E-state index in [1.165, 1.54) is 0 Å². The van der Waals surface area contributed by atoms with Crippen LogP contribution in [0.25, 0.3) is 0 Å². The van der Waals surface area contributed by atoms with Gasteiger partial charge in [0.2, 0.25) is 5.91 Å². The van der Waals surface area contributed by atoms with Gasteiger partial charge in [-0.25, -0.2) is 0 Å². The third kappa shape index (κ3) is 3.14. The van der Waals surface area contributed by atoms with Gasteiger partial charge in [0.15, 0.2) is 0 Å². The van der Waals surface area contributed by atoms with Crippen molar-refractivity contribution in [2.45, 2.75) is 25.3 Å². The lowest BCUT2D eigenvalue weighted by Gasteiger charge is -2.17. The monoisotopic (exact) mass is 263 g/mol. The first-order chi connectivity index (χ1) is 8.69. The van der Waals surface area contributed by atoms with Gasteiger partial charge in [0, 0.05) is 24.0 Å². The number of halogens is 1. The number of nitriles is 1. The van der Waals surface area contributed by atoms with Gasteiger partial charge in [0.05, 0.1) is 11.3 Å². The lowest BCUT2D eigenvalue weighted by molar-refractivity contribution is -0.120. The van der Waals surface area contributed by atoms with Crippen LogP contribution in [0.1, 0.15) is 24.8 Å². The minimum Gasteiger partial charge on any atom is -0.381 e. The molecule has 0 bridgehead atoms. The third-order valence-corrected chi connectivity index (χ3v) is 3.18. The van der Waals surface area contributed by atoms with Crippen molar-refractivity contribution < 1.29 is 4.79 Å². The van der Waals surface area contributed by atoms with E-state index < -0.39 is 0 Å². The highest BCUT2D eigenvalue weighted by molar-refractivity contribution is 6.30. The summed E-state index contributed by atoms with van der Waals surface area (Å²) in [6, 6.07) is 7.26. The van der Waals surface area contributed by atoms with Gasteiger partial charge < -0.3 is 10.6 Å². The van der Waals surface area contributed by atoms with E-state index in [9.17, 15) is 4.79 Å². The van der Waals surface area contributed by atoms with E-state index in [0.717, 1.165) is 19.4 Å². The predicted molar refractivity (Wildman–Crippen MR) is 70.4 cm³/mol. The standard InChI is InChI=1S/C13H14ClN3O/c14-10-4-3-9(8-15)12(6-10)17-11-2-1-5-16-13(18)7-11/h3-4,6,11,17H,1-2,5,7H2,(H,16,18). The first kappa shape index (κ1) is 12.7. The number of hydrogen-bond donors (Lipinski definition) is 2. The Morgan fingerprint density at radius 2 is 2.33 bits per heavy atom. The van der Waals surface area contributed by atoms with E-state index in [1.54, 1.807) is 18.2 Å². The molecule has 2 N–H and O–H groups in total. The van der Waals surface area contributed by atoms with Crippen LogP contribution in [-0.2, 0) is 4.79 Å². The zero-order valence-electron chi connectivity index (χ0n) is 9.87. The summed E-state index contributed by atoms with van der Waals surface area (Å²) in [5.74, 6) is 0.0468. The third-order valence-electron chi connectivity index (χ3n) is 2.95.